The summed E-state index contributed by atoms with van der Waals surface area (Å²) in [6.07, 6.45) is 3.98. The highest BCUT2D eigenvalue weighted by molar-refractivity contribution is 9.10. The second-order valence-corrected chi connectivity index (χ2v) is 5.42. The number of nitrogens with zero attached hydrogens (tertiary/aromatic N) is 2. The van der Waals surface area contributed by atoms with Gasteiger partial charge in [-0.3, -0.25) is 4.79 Å². The molecule has 0 amide bonds. The van der Waals surface area contributed by atoms with Crippen molar-refractivity contribution in [3.8, 4) is 0 Å². The Morgan fingerprint density at radius 2 is 2.44 bits per heavy atom. The van der Waals surface area contributed by atoms with E-state index < -0.39 is 0 Å². The maximum absolute atomic E-state index is 11.9. The van der Waals surface area contributed by atoms with Gasteiger partial charge in [0.1, 0.15) is 4.47 Å². The molecule has 1 aliphatic heterocycles. The number of aryl methyl sites for hydroxylation is 1. The third-order valence-electron chi connectivity index (χ3n) is 3.39. The quantitative estimate of drug-likeness (QED) is 0.889. The maximum atomic E-state index is 11.9. The fraction of sp³-hybridized carbons (Fsp3) is 0.667. The van der Waals surface area contributed by atoms with Crippen molar-refractivity contribution in [2.75, 3.05) is 11.9 Å². The van der Waals surface area contributed by atoms with Crippen LogP contribution in [0.2, 0.25) is 0 Å². The Labute approximate surface area is 115 Å². The lowest BCUT2D eigenvalue weighted by Gasteiger charge is -2.31. The molecule has 0 spiro atoms. The lowest BCUT2D eigenvalue weighted by Crippen LogP contribution is -2.46. The van der Waals surface area contributed by atoms with Gasteiger partial charge in [-0.1, -0.05) is 0 Å². The standard InChI is InChI=1S/C12H19BrN4O/c1-3-17-12(18)11(13)10(7-15-17)16-9-5-4-6-14-8(9)2/h7-9,14,16H,3-6H2,1-2H3. The van der Waals surface area contributed by atoms with Crippen LogP contribution in [0.15, 0.2) is 15.5 Å². The van der Waals surface area contributed by atoms with Crippen LogP contribution in [0.4, 0.5) is 5.69 Å². The number of aromatic nitrogens is 2. The molecule has 0 saturated carbocycles. The summed E-state index contributed by atoms with van der Waals surface area (Å²) in [5, 5.41) is 11.0. The molecule has 1 fully saturated rings. The summed E-state index contributed by atoms with van der Waals surface area (Å²) in [6.45, 7) is 5.71. The second-order valence-electron chi connectivity index (χ2n) is 4.63. The Bertz CT molecular complexity index is 474. The van der Waals surface area contributed by atoms with Gasteiger partial charge in [-0.25, -0.2) is 4.68 Å². The molecule has 2 rings (SSSR count). The zero-order valence-electron chi connectivity index (χ0n) is 10.7. The SMILES string of the molecule is CCn1ncc(NC2CCCNC2C)c(Br)c1=O. The van der Waals surface area contributed by atoms with E-state index in [0.29, 0.717) is 23.1 Å². The molecule has 2 heterocycles. The summed E-state index contributed by atoms with van der Waals surface area (Å²) in [6, 6.07) is 0.744. The van der Waals surface area contributed by atoms with Crippen molar-refractivity contribution in [3.05, 3.63) is 21.0 Å². The van der Waals surface area contributed by atoms with Crippen LogP contribution in [-0.4, -0.2) is 28.4 Å². The van der Waals surface area contributed by atoms with Crippen molar-refractivity contribution >= 4 is 21.6 Å². The average Bonchev–Trinajstić information content (AvgIpc) is 2.38. The Morgan fingerprint density at radius 1 is 1.67 bits per heavy atom. The Hall–Kier alpha value is -0.880. The molecule has 0 aliphatic carbocycles. The lowest BCUT2D eigenvalue weighted by atomic mass is 10.00. The van der Waals surface area contributed by atoms with E-state index in [1.165, 1.54) is 4.68 Å². The summed E-state index contributed by atoms with van der Waals surface area (Å²) in [7, 11) is 0. The second kappa shape index (κ2) is 5.84. The number of hydrogen-bond donors (Lipinski definition) is 2. The van der Waals surface area contributed by atoms with Gasteiger partial charge in [0.25, 0.3) is 5.56 Å². The monoisotopic (exact) mass is 314 g/mol. The fourth-order valence-corrected chi connectivity index (χ4v) is 2.65. The van der Waals surface area contributed by atoms with Gasteiger partial charge >= 0.3 is 0 Å². The summed E-state index contributed by atoms with van der Waals surface area (Å²) in [4.78, 5) is 11.9. The van der Waals surface area contributed by atoms with Crippen LogP contribution in [0.5, 0.6) is 0 Å². The molecule has 2 atom stereocenters. The molecule has 2 N–H and O–H groups in total. The van der Waals surface area contributed by atoms with E-state index in [1.54, 1.807) is 6.20 Å². The third-order valence-corrected chi connectivity index (χ3v) is 4.15. The van der Waals surface area contributed by atoms with Crippen molar-refractivity contribution in [3.63, 3.8) is 0 Å². The van der Waals surface area contributed by atoms with E-state index in [-0.39, 0.29) is 5.56 Å². The van der Waals surface area contributed by atoms with E-state index in [0.717, 1.165) is 25.1 Å². The Morgan fingerprint density at radius 3 is 3.11 bits per heavy atom. The molecule has 1 aromatic heterocycles. The highest BCUT2D eigenvalue weighted by atomic mass is 79.9. The van der Waals surface area contributed by atoms with E-state index in [1.807, 2.05) is 6.92 Å². The smallest absolute Gasteiger partial charge is 0.283 e. The van der Waals surface area contributed by atoms with Gasteiger partial charge in [0.2, 0.25) is 0 Å². The van der Waals surface area contributed by atoms with E-state index in [9.17, 15) is 4.79 Å². The number of anilines is 1. The molecular formula is C12H19BrN4O. The van der Waals surface area contributed by atoms with Gasteiger partial charge in [-0.05, 0) is 49.2 Å². The van der Waals surface area contributed by atoms with Gasteiger partial charge in [0.15, 0.2) is 0 Å². The molecule has 100 valence electrons. The molecule has 0 aromatic carbocycles. The van der Waals surface area contributed by atoms with Gasteiger partial charge in [-0.2, -0.15) is 5.10 Å². The number of hydrogen-bond acceptors (Lipinski definition) is 4. The zero-order chi connectivity index (χ0) is 13.1. The molecular weight excluding hydrogens is 296 g/mol. The number of rotatable bonds is 3. The Balaban J connectivity index is 2.19. The molecule has 1 saturated heterocycles. The highest BCUT2D eigenvalue weighted by Gasteiger charge is 2.21. The number of nitrogens with one attached hydrogen (secondary N) is 2. The highest BCUT2D eigenvalue weighted by Crippen LogP contribution is 2.20. The minimum absolute atomic E-state index is 0.0843. The van der Waals surface area contributed by atoms with Crippen LogP contribution >= 0.6 is 15.9 Å². The van der Waals surface area contributed by atoms with Gasteiger partial charge in [0, 0.05) is 18.6 Å². The summed E-state index contributed by atoms with van der Waals surface area (Å²) >= 11 is 3.36. The summed E-state index contributed by atoms with van der Waals surface area (Å²) < 4.78 is 2.01. The molecule has 1 aromatic rings. The molecule has 6 heteroatoms. The normalized spacial score (nSPS) is 23.9. The average molecular weight is 315 g/mol. The van der Waals surface area contributed by atoms with Crippen LogP contribution in [0.3, 0.4) is 0 Å². The van der Waals surface area contributed by atoms with E-state index >= 15 is 0 Å². The van der Waals surface area contributed by atoms with Gasteiger partial charge < -0.3 is 10.6 Å². The van der Waals surface area contributed by atoms with Crippen LogP contribution in [-0.2, 0) is 6.54 Å². The minimum atomic E-state index is -0.0843. The first kappa shape index (κ1) is 13.5. The molecule has 0 bridgehead atoms. The Kier molecular flexibility index (Phi) is 4.40. The first-order valence-corrected chi connectivity index (χ1v) is 7.18. The van der Waals surface area contributed by atoms with E-state index in [2.05, 4.69) is 38.6 Å². The first-order chi connectivity index (χ1) is 8.63. The largest absolute Gasteiger partial charge is 0.378 e. The van der Waals surface area contributed by atoms with Crippen LogP contribution in [0.1, 0.15) is 26.7 Å². The van der Waals surface area contributed by atoms with Crippen molar-refractivity contribution in [1.29, 1.82) is 0 Å². The van der Waals surface area contributed by atoms with Crippen LogP contribution in [0.25, 0.3) is 0 Å². The molecule has 1 aliphatic rings. The van der Waals surface area contributed by atoms with Crippen molar-refractivity contribution in [1.82, 2.24) is 15.1 Å². The van der Waals surface area contributed by atoms with Crippen molar-refractivity contribution in [2.45, 2.75) is 45.3 Å². The van der Waals surface area contributed by atoms with Crippen molar-refractivity contribution < 1.29 is 0 Å². The molecule has 5 nitrogen and oxygen atoms in total. The third kappa shape index (κ3) is 2.75. The first-order valence-electron chi connectivity index (χ1n) is 6.39. The molecule has 18 heavy (non-hydrogen) atoms. The minimum Gasteiger partial charge on any atom is -0.378 e. The maximum Gasteiger partial charge on any atom is 0.283 e. The summed E-state index contributed by atoms with van der Waals surface area (Å²) in [5.74, 6) is 0. The van der Waals surface area contributed by atoms with Gasteiger partial charge in [-0.15, -0.1) is 0 Å². The number of piperidine rings is 1. The molecule has 2 unspecified atom stereocenters. The predicted molar refractivity (Wildman–Crippen MR) is 76.0 cm³/mol. The zero-order valence-corrected chi connectivity index (χ0v) is 12.3. The lowest BCUT2D eigenvalue weighted by molar-refractivity contribution is 0.389. The van der Waals surface area contributed by atoms with Crippen molar-refractivity contribution in [2.24, 2.45) is 0 Å². The van der Waals surface area contributed by atoms with Gasteiger partial charge in [0.05, 0.1) is 11.9 Å². The van der Waals surface area contributed by atoms with Crippen LogP contribution < -0.4 is 16.2 Å². The van der Waals surface area contributed by atoms with Crippen LogP contribution in [0, 0.1) is 0 Å². The topological polar surface area (TPSA) is 59.0 Å². The number of halogens is 1. The fourth-order valence-electron chi connectivity index (χ4n) is 2.23. The predicted octanol–water partition coefficient (Wildman–Crippen LogP) is 1.58. The summed E-state index contributed by atoms with van der Waals surface area (Å²) in [5.41, 5.74) is 0.698. The van der Waals surface area contributed by atoms with E-state index in [4.69, 9.17) is 0 Å². The molecule has 0 radical (unpaired) electrons.